The molecule has 0 aromatic heterocycles. The van der Waals surface area contributed by atoms with Crippen molar-refractivity contribution < 1.29 is 4.74 Å². The van der Waals surface area contributed by atoms with Crippen LogP contribution >= 0.6 is 0 Å². The zero-order valence-electron chi connectivity index (χ0n) is 12.6. The zero-order chi connectivity index (χ0) is 14.6. The third-order valence-corrected chi connectivity index (χ3v) is 4.42. The van der Waals surface area contributed by atoms with Gasteiger partial charge in [0.2, 0.25) is 0 Å². The Labute approximate surface area is 121 Å². The summed E-state index contributed by atoms with van der Waals surface area (Å²) in [5.41, 5.74) is 0.582. The summed E-state index contributed by atoms with van der Waals surface area (Å²) >= 11 is 0. The number of nitriles is 1. The van der Waals surface area contributed by atoms with Crippen LogP contribution in [0.25, 0.3) is 0 Å². The summed E-state index contributed by atoms with van der Waals surface area (Å²) in [6, 6.07) is 10.4. The molecule has 20 heavy (non-hydrogen) atoms. The van der Waals surface area contributed by atoms with Crippen molar-refractivity contribution in [2.75, 3.05) is 12.4 Å². The summed E-state index contributed by atoms with van der Waals surface area (Å²) in [5.74, 6) is 2.11. The number of ether oxygens (including phenoxy) is 1. The molecule has 0 heterocycles. The maximum absolute atomic E-state index is 9.67. The van der Waals surface area contributed by atoms with Crippen LogP contribution in [0.1, 0.15) is 39.5 Å². The van der Waals surface area contributed by atoms with Gasteiger partial charge in [-0.3, -0.25) is 0 Å². The molecule has 0 amide bonds. The number of methoxy groups -OCH3 is 1. The normalized spacial score (nSPS) is 26.1. The molecule has 2 rings (SSSR count). The number of rotatable bonds is 4. The predicted molar refractivity (Wildman–Crippen MR) is 81.8 cm³/mol. The quantitative estimate of drug-likeness (QED) is 0.892. The van der Waals surface area contributed by atoms with E-state index in [9.17, 15) is 5.26 Å². The summed E-state index contributed by atoms with van der Waals surface area (Å²) in [7, 11) is 1.66. The van der Waals surface area contributed by atoms with Crippen LogP contribution < -0.4 is 10.1 Å². The third kappa shape index (κ3) is 3.25. The highest BCUT2D eigenvalue weighted by Crippen LogP contribution is 2.38. The standard InChI is InChI=1S/C17H24N2O/c1-13(2)14-5-4-10-17(11-14,12-18)19-15-6-8-16(20-3)9-7-15/h6-9,13-14,19H,4-5,10-11H2,1-3H3. The lowest BCUT2D eigenvalue weighted by atomic mass is 9.72. The lowest BCUT2D eigenvalue weighted by Gasteiger charge is -2.38. The van der Waals surface area contributed by atoms with Crippen LogP contribution in [0.2, 0.25) is 0 Å². The van der Waals surface area contributed by atoms with Gasteiger partial charge in [0.1, 0.15) is 11.3 Å². The Morgan fingerprint density at radius 1 is 1.35 bits per heavy atom. The van der Waals surface area contributed by atoms with Crippen LogP contribution in [-0.4, -0.2) is 12.6 Å². The molecular formula is C17H24N2O. The van der Waals surface area contributed by atoms with E-state index < -0.39 is 5.54 Å². The van der Waals surface area contributed by atoms with Crippen molar-refractivity contribution >= 4 is 5.69 Å². The minimum Gasteiger partial charge on any atom is -0.497 e. The Hall–Kier alpha value is -1.69. The van der Waals surface area contributed by atoms with Crippen LogP contribution in [0.15, 0.2) is 24.3 Å². The summed E-state index contributed by atoms with van der Waals surface area (Å²) in [6.45, 7) is 4.51. The summed E-state index contributed by atoms with van der Waals surface area (Å²) < 4.78 is 5.17. The minimum atomic E-state index is -0.415. The molecule has 1 aromatic carbocycles. The first kappa shape index (κ1) is 14.7. The number of nitrogens with one attached hydrogen (secondary N) is 1. The molecule has 1 N–H and O–H groups in total. The molecule has 1 fully saturated rings. The van der Waals surface area contributed by atoms with Gasteiger partial charge >= 0.3 is 0 Å². The van der Waals surface area contributed by atoms with Crippen molar-refractivity contribution in [1.82, 2.24) is 0 Å². The lowest BCUT2D eigenvalue weighted by Crippen LogP contribution is -2.42. The van der Waals surface area contributed by atoms with E-state index in [1.807, 2.05) is 24.3 Å². The zero-order valence-corrected chi connectivity index (χ0v) is 12.6. The van der Waals surface area contributed by atoms with E-state index in [1.165, 1.54) is 6.42 Å². The topological polar surface area (TPSA) is 45.0 Å². The fourth-order valence-corrected chi connectivity index (χ4v) is 3.08. The van der Waals surface area contributed by atoms with E-state index >= 15 is 0 Å². The highest BCUT2D eigenvalue weighted by atomic mass is 16.5. The monoisotopic (exact) mass is 272 g/mol. The lowest BCUT2D eigenvalue weighted by molar-refractivity contribution is 0.232. The van der Waals surface area contributed by atoms with Gasteiger partial charge in [-0.2, -0.15) is 5.26 Å². The highest BCUT2D eigenvalue weighted by Gasteiger charge is 2.37. The van der Waals surface area contributed by atoms with Crippen LogP contribution in [0.4, 0.5) is 5.69 Å². The highest BCUT2D eigenvalue weighted by molar-refractivity contribution is 5.50. The fraction of sp³-hybridized carbons (Fsp3) is 0.588. The Morgan fingerprint density at radius 2 is 2.05 bits per heavy atom. The van der Waals surface area contributed by atoms with Crippen molar-refractivity contribution in [1.29, 1.82) is 5.26 Å². The number of hydrogen-bond acceptors (Lipinski definition) is 3. The average Bonchev–Trinajstić information content (AvgIpc) is 2.48. The molecule has 3 heteroatoms. The number of anilines is 1. The smallest absolute Gasteiger partial charge is 0.125 e. The Balaban J connectivity index is 2.12. The number of hydrogen-bond donors (Lipinski definition) is 1. The van der Waals surface area contributed by atoms with E-state index in [1.54, 1.807) is 7.11 Å². The van der Waals surface area contributed by atoms with Crippen LogP contribution in [0, 0.1) is 23.2 Å². The first-order chi connectivity index (χ1) is 9.58. The summed E-state index contributed by atoms with van der Waals surface area (Å²) in [5, 5.41) is 13.1. The van der Waals surface area contributed by atoms with E-state index in [4.69, 9.17) is 4.74 Å². The molecular weight excluding hydrogens is 248 g/mol. The number of benzene rings is 1. The molecule has 1 aliphatic rings. The van der Waals surface area contributed by atoms with Crippen molar-refractivity contribution in [3.63, 3.8) is 0 Å². The van der Waals surface area contributed by atoms with E-state index in [0.717, 1.165) is 30.7 Å². The minimum absolute atomic E-state index is 0.415. The molecule has 3 nitrogen and oxygen atoms in total. The van der Waals surface area contributed by atoms with E-state index in [2.05, 4.69) is 25.2 Å². The molecule has 0 radical (unpaired) electrons. The molecule has 1 aromatic rings. The predicted octanol–water partition coefficient (Wildman–Crippen LogP) is 4.22. The Morgan fingerprint density at radius 3 is 2.60 bits per heavy atom. The maximum atomic E-state index is 9.67. The van der Waals surface area contributed by atoms with E-state index in [0.29, 0.717) is 11.8 Å². The summed E-state index contributed by atoms with van der Waals surface area (Å²) in [4.78, 5) is 0. The molecule has 1 aliphatic carbocycles. The largest absolute Gasteiger partial charge is 0.497 e. The van der Waals surface area contributed by atoms with E-state index in [-0.39, 0.29) is 0 Å². The van der Waals surface area contributed by atoms with Gasteiger partial charge in [-0.25, -0.2) is 0 Å². The molecule has 1 saturated carbocycles. The van der Waals surface area contributed by atoms with Gasteiger partial charge in [0.05, 0.1) is 13.2 Å². The first-order valence-corrected chi connectivity index (χ1v) is 7.42. The van der Waals surface area contributed by atoms with Gasteiger partial charge in [-0.1, -0.05) is 13.8 Å². The SMILES string of the molecule is COc1ccc(NC2(C#N)CCCC(C(C)C)C2)cc1. The molecule has 2 atom stereocenters. The maximum Gasteiger partial charge on any atom is 0.125 e. The van der Waals surface area contributed by atoms with Gasteiger partial charge in [0.25, 0.3) is 0 Å². The van der Waals surface area contributed by atoms with Crippen LogP contribution in [0.3, 0.4) is 0 Å². The fourth-order valence-electron chi connectivity index (χ4n) is 3.08. The van der Waals surface area contributed by atoms with Crippen molar-refractivity contribution in [3.8, 4) is 11.8 Å². The van der Waals surface area contributed by atoms with Gasteiger partial charge in [-0.05, 0) is 61.8 Å². The number of nitrogens with zero attached hydrogens (tertiary/aromatic N) is 1. The van der Waals surface area contributed by atoms with Gasteiger partial charge < -0.3 is 10.1 Å². The second kappa shape index (κ2) is 6.17. The van der Waals surface area contributed by atoms with Gasteiger partial charge in [0.15, 0.2) is 0 Å². The second-order valence-corrected chi connectivity index (χ2v) is 6.15. The Bertz CT molecular complexity index is 475. The molecule has 0 spiro atoms. The molecule has 0 saturated heterocycles. The average molecular weight is 272 g/mol. The van der Waals surface area contributed by atoms with Gasteiger partial charge in [0, 0.05) is 5.69 Å². The Kier molecular flexibility index (Phi) is 4.54. The van der Waals surface area contributed by atoms with Crippen molar-refractivity contribution in [2.24, 2.45) is 11.8 Å². The molecule has 0 bridgehead atoms. The van der Waals surface area contributed by atoms with Crippen LogP contribution in [0.5, 0.6) is 5.75 Å². The molecule has 108 valence electrons. The van der Waals surface area contributed by atoms with Gasteiger partial charge in [-0.15, -0.1) is 0 Å². The van der Waals surface area contributed by atoms with Crippen molar-refractivity contribution in [3.05, 3.63) is 24.3 Å². The second-order valence-electron chi connectivity index (χ2n) is 6.15. The third-order valence-electron chi connectivity index (χ3n) is 4.42. The summed E-state index contributed by atoms with van der Waals surface area (Å²) in [6.07, 6.45) is 4.23. The first-order valence-electron chi connectivity index (χ1n) is 7.42. The van der Waals surface area contributed by atoms with Crippen LogP contribution in [-0.2, 0) is 0 Å². The molecule has 2 unspecified atom stereocenters. The van der Waals surface area contributed by atoms with Crippen molar-refractivity contribution in [2.45, 2.75) is 45.1 Å². The molecule has 0 aliphatic heterocycles.